The molecule has 0 radical (unpaired) electrons. The van der Waals surface area contributed by atoms with Crippen LogP contribution in [0.1, 0.15) is 5.69 Å². The van der Waals surface area contributed by atoms with Crippen LogP contribution >= 0.6 is 0 Å². The third-order valence-electron chi connectivity index (χ3n) is 3.52. The van der Waals surface area contributed by atoms with Crippen LogP contribution in [0.15, 0.2) is 24.4 Å². The topological polar surface area (TPSA) is 75.2 Å². The second kappa shape index (κ2) is 7.19. The maximum absolute atomic E-state index is 13.5. The number of piperazine rings is 1. The Hall–Kier alpha value is -2.48. The van der Waals surface area contributed by atoms with Crippen molar-refractivity contribution >= 4 is 11.8 Å². The number of nitrogens with zero attached hydrogens (tertiary/aromatic N) is 4. The second-order valence-corrected chi connectivity index (χ2v) is 5.11. The summed E-state index contributed by atoms with van der Waals surface area (Å²) < 4.78 is 19.0. The van der Waals surface area contributed by atoms with Crippen molar-refractivity contribution in [1.29, 1.82) is 0 Å². The molecule has 3 heterocycles. The molecule has 3 rings (SSSR count). The molecular weight excluding hydrogens is 299 g/mol. The van der Waals surface area contributed by atoms with E-state index < -0.39 is 5.95 Å². The summed E-state index contributed by atoms with van der Waals surface area (Å²) >= 11 is 0. The SMILES string of the molecule is CNc1cc(COc2cccnc2F)nc(N2CCNCC2)n1. The highest BCUT2D eigenvalue weighted by Gasteiger charge is 2.15. The van der Waals surface area contributed by atoms with Crippen LogP contribution < -0.4 is 20.3 Å². The lowest BCUT2D eigenvalue weighted by Crippen LogP contribution is -2.44. The number of nitrogens with one attached hydrogen (secondary N) is 2. The largest absolute Gasteiger partial charge is 0.482 e. The van der Waals surface area contributed by atoms with Crippen LogP contribution in [0.5, 0.6) is 5.75 Å². The van der Waals surface area contributed by atoms with E-state index in [1.165, 1.54) is 6.20 Å². The highest BCUT2D eigenvalue weighted by molar-refractivity contribution is 5.43. The highest BCUT2D eigenvalue weighted by Crippen LogP contribution is 2.18. The standard InChI is InChI=1S/C15H19FN6O/c1-17-13-9-11(10-23-12-3-2-4-19-14(12)16)20-15(21-13)22-7-5-18-6-8-22/h2-4,9,18H,5-8,10H2,1H3,(H,17,20,21). The van der Waals surface area contributed by atoms with Gasteiger partial charge in [0.15, 0.2) is 5.75 Å². The number of halogens is 1. The Morgan fingerprint density at radius 2 is 2.17 bits per heavy atom. The van der Waals surface area contributed by atoms with E-state index in [2.05, 4.69) is 30.5 Å². The Bertz CT molecular complexity index is 662. The van der Waals surface area contributed by atoms with Gasteiger partial charge in [-0.05, 0) is 12.1 Å². The van der Waals surface area contributed by atoms with Gasteiger partial charge in [-0.2, -0.15) is 9.37 Å². The molecule has 2 N–H and O–H groups in total. The van der Waals surface area contributed by atoms with Crippen LogP contribution in [0.25, 0.3) is 0 Å². The molecule has 8 heteroatoms. The molecule has 122 valence electrons. The maximum Gasteiger partial charge on any atom is 0.255 e. The van der Waals surface area contributed by atoms with Crippen molar-refractivity contribution in [2.75, 3.05) is 43.4 Å². The van der Waals surface area contributed by atoms with E-state index >= 15 is 0 Å². The summed E-state index contributed by atoms with van der Waals surface area (Å²) in [4.78, 5) is 14.7. The summed E-state index contributed by atoms with van der Waals surface area (Å²) in [6, 6.07) is 4.96. The number of rotatable bonds is 5. The first kappa shape index (κ1) is 15.4. The fourth-order valence-electron chi connectivity index (χ4n) is 2.32. The van der Waals surface area contributed by atoms with Crippen molar-refractivity contribution in [3.05, 3.63) is 36.0 Å². The number of anilines is 2. The molecule has 0 aliphatic carbocycles. The van der Waals surface area contributed by atoms with Crippen molar-refractivity contribution < 1.29 is 9.13 Å². The molecule has 0 spiro atoms. The first-order chi connectivity index (χ1) is 11.3. The first-order valence-electron chi connectivity index (χ1n) is 7.51. The Labute approximate surface area is 133 Å². The molecule has 2 aromatic rings. The zero-order valence-corrected chi connectivity index (χ0v) is 12.9. The molecule has 1 aliphatic heterocycles. The lowest BCUT2D eigenvalue weighted by atomic mass is 10.3. The van der Waals surface area contributed by atoms with Gasteiger partial charge in [0.05, 0.1) is 5.69 Å². The van der Waals surface area contributed by atoms with Crippen LogP contribution in [-0.2, 0) is 6.61 Å². The normalized spacial score (nSPS) is 14.6. The van der Waals surface area contributed by atoms with Crippen molar-refractivity contribution in [3.8, 4) is 5.75 Å². The van der Waals surface area contributed by atoms with E-state index in [0.29, 0.717) is 17.5 Å². The summed E-state index contributed by atoms with van der Waals surface area (Å²) in [7, 11) is 1.80. The summed E-state index contributed by atoms with van der Waals surface area (Å²) in [5, 5.41) is 6.32. The monoisotopic (exact) mass is 318 g/mol. The maximum atomic E-state index is 13.5. The second-order valence-electron chi connectivity index (χ2n) is 5.11. The number of pyridine rings is 1. The van der Waals surface area contributed by atoms with Gasteiger partial charge < -0.3 is 20.3 Å². The third kappa shape index (κ3) is 3.84. The third-order valence-corrected chi connectivity index (χ3v) is 3.52. The zero-order valence-electron chi connectivity index (χ0n) is 12.9. The smallest absolute Gasteiger partial charge is 0.255 e. The summed E-state index contributed by atoms with van der Waals surface area (Å²) in [5.41, 5.74) is 0.682. The number of hydrogen-bond acceptors (Lipinski definition) is 7. The lowest BCUT2D eigenvalue weighted by Gasteiger charge is -2.27. The Balaban J connectivity index is 1.77. The molecule has 0 bridgehead atoms. The van der Waals surface area contributed by atoms with Gasteiger partial charge >= 0.3 is 0 Å². The lowest BCUT2D eigenvalue weighted by molar-refractivity contribution is 0.281. The molecule has 1 saturated heterocycles. The van der Waals surface area contributed by atoms with E-state index in [1.807, 2.05) is 0 Å². The number of aromatic nitrogens is 3. The molecule has 2 aromatic heterocycles. The predicted octanol–water partition coefficient (Wildman–Crippen LogP) is 1.04. The fraction of sp³-hybridized carbons (Fsp3) is 0.400. The molecule has 1 fully saturated rings. The van der Waals surface area contributed by atoms with Crippen LogP contribution in [0, 0.1) is 5.95 Å². The van der Waals surface area contributed by atoms with Gasteiger partial charge in [0, 0.05) is 45.5 Å². The fourth-order valence-corrected chi connectivity index (χ4v) is 2.32. The number of ether oxygens (including phenoxy) is 1. The van der Waals surface area contributed by atoms with Crippen molar-refractivity contribution in [3.63, 3.8) is 0 Å². The minimum absolute atomic E-state index is 0.112. The quantitative estimate of drug-likeness (QED) is 0.798. The van der Waals surface area contributed by atoms with Gasteiger partial charge in [0.25, 0.3) is 5.95 Å². The summed E-state index contributed by atoms with van der Waals surface area (Å²) in [6.07, 6.45) is 1.38. The minimum Gasteiger partial charge on any atom is -0.482 e. The molecule has 1 aliphatic rings. The van der Waals surface area contributed by atoms with E-state index in [1.54, 1.807) is 25.2 Å². The minimum atomic E-state index is -0.627. The van der Waals surface area contributed by atoms with Crippen molar-refractivity contribution in [1.82, 2.24) is 20.3 Å². The van der Waals surface area contributed by atoms with Crippen LogP contribution in [0.3, 0.4) is 0 Å². The van der Waals surface area contributed by atoms with Gasteiger partial charge in [-0.1, -0.05) is 0 Å². The molecule has 7 nitrogen and oxygen atoms in total. The molecule has 23 heavy (non-hydrogen) atoms. The van der Waals surface area contributed by atoms with Gasteiger partial charge in [-0.15, -0.1) is 0 Å². The molecule has 0 atom stereocenters. The van der Waals surface area contributed by atoms with Crippen molar-refractivity contribution in [2.45, 2.75) is 6.61 Å². The van der Waals surface area contributed by atoms with Crippen LogP contribution in [0.4, 0.5) is 16.2 Å². The molecule has 0 amide bonds. The van der Waals surface area contributed by atoms with Crippen LogP contribution in [-0.4, -0.2) is 48.2 Å². The van der Waals surface area contributed by atoms with E-state index in [0.717, 1.165) is 26.2 Å². The van der Waals surface area contributed by atoms with E-state index in [4.69, 9.17) is 4.74 Å². The van der Waals surface area contributed by atoms with Gasteiger partial charge in [-0.3, -0.25) is 0 Å². The predicted molar refractivity (Wildman–Crippen MR) is 85.2 cm³/mol. The summed E-state index contributed by atoms with van der Waals surface area (Å²) in [6.45, 7) is 3.66. The zero-order chi connectivity index (χ0) is 16.1. The van der Waals surface area contributed by atoms with Gasteiger partial charge in [-0.25, -0.2) is 9.97 Å². The molecule has 0 saturated carbocycles. The molecular formula is C15H19FN6O. The number of hydrogen-bond donors (Lipinski definition) is 2. The Kier molecular flexibility index (Phi) is 4.82. The molecule has 0 aromatic carbocycles. The average molecular weight is 318 g/mol. The van der Waals surface area contributed by atoms with E-state index in [-0.39, 0.29) is 12.4 Å². The summed E-state index contributed by atoms with van der Waals surface area (Å²) in [5.74, 6) is 0.848. The van der Waals surface area contributed by atoms with E-state index in [9.17, 15) is 4.39 Å². The highest BCUT2D eigenvalue weighted by atomic mass is 19.1. The Morgan fingerprint density at radius 1 is 1.35 bits per heavy atom. The Morgan fingerprint density at radius 3 is 2.91 bits per heavy atom. The van der Waals surface area contributed by atoms with Gasteiger partial charge in [0.2, 0.25) is 5.95 Å². The van der Waals surface area contributed by atoms with Gasteiger partial charge in [0.1, 0.15) is 12.4 Å². The molecule has 0 unspecified atom stereocenters. The van der Waals surface area contributed by atoms with Crippen LogP contribution in [0.2, 0.25) is 0 Å². The average Bonchev–Trinajstić information content (AvgIpc) is 2.61. The first-order valence-corrected chi connectivity index (χ1v) is 7.51. The van der Waals surface area contributed by atoms with Crippen molar-refractivity contribution in [2.24, 2.45) is 0 Å².